The SMILES string of the molecule is COc1ccc(NC(=O)c2cc(C)oc2C)cc1. The summed E-state index contributed by atoms with van der Waals surface area (Å²) in [6.07, 6.45) is 0. The third kappa shape index (κ3) is 2.53. The van der Waals surface area contributed by atoms with Crippen molar-refractivity contribution in [3.63, 3.8) is 0 Å². The fraction of sp³-hybridized carbons (Fsp3) is 0.214. The smallest absolute Gasteiger partial charge is 0.259 e. The van der Waals surface area contributed by atoms with Gasteiger partial charge in [-0.05, 0) is 44.2 Å². The number of nitrogens with one attached hydrogen (secondary N) is 1. The van der Waals surface area contributed by atoms with Crippen LogP contribution in [-0.4, -0.2) is 13.0 Å². The molecule has 1 aromatic carbocycles. The number of rotatable bonds is 3. The molecule has 2 rings (SSSR count). The van der Waals surface area contributed by atoms with Crippen LogP contribution >= 0.6 is 0 Å². The van der Waals surface area contributed by atoms with E-state index in [-0.39, 0.29) is 5.91 Å². The standard InChI is InChI=1S/C14H15NO3/c1-9-8-13(10(2)18-9)14(16)15-11-4-6-12(17-3)7-5-11/h4-8H,1-3H3,(H,15,16). The molecule has 94 valence electrons. The van der Waals surface area contributed by atoms with Crippen LogP contribution in [0.15, 0.2) is 34.7 Å². The normalized spacial score (nSPS) is 10.2. The molecule has 1 N–H and O–H groups in total. The van der Waals surface area contributed by atoms with Gasteiger partial charge in [0.2, 0.25) is 0 Å². The lowest BCUT2D eigenvalue weighted by molar-refractivity contribution is 0.102. The van der Waals surface area contributed by atoms with Gasteiger partial charge >= 0.3 is 0 Å². The van der Waals surface area contributed by atoms with Crippen molar-refractivity contribution in [3.8, 4) is 5.75 Å². The Balaban J connectivity index is 2.13. The fourth-order valence-corrected chi connectivity index (χ4v) is 1.73. The maximum Gasteiger partial charge on any atom is 0.259 e. The number of benzene rings is 1. The minimum Gasteiger partial charge on any atom is -0.497 e. The van der Waals surface area contributed by atoms with Gasteiger partial charge in [-0.2, -0.15) is 0 Å². The zero-order chi connectivity index (χ0) is 13.1. The van der Waals surface area contributed by atoms with E-state index in [4.69, 9.17) is 9.15 Å². The van der Waals surface area contributed by atoms with E-state index < -0.39 is 0 Å². The molecule has 1 aromatic heterocycles. The van der Waals surface area contributed by atoms with Gasteiger partial charge in [-0.25, -0.2) is 0 Å². The molecule has 0 aliphatic heterocycles. The van der Waals surface area contributed by atoms with Crippen LogP contribution in [0.1, 0.15) is 21.9 Å². The average Bonchev–Trinajstić information content (AvgIpc) is 2.69. The lowest BCUT2D eigenvalue weighted by Crippen LogP contribution is -2.11. The molecule has 18 heavy (non-hydrogen) atoms. The number of aryl methyl sites for hydroxylation is 2. The fourth-order valence-electron chi connectivity index (χ4n) is 1.73. The zero-order valence-electron chi connectivity index (χ0n) is 10.6. The molecule has 0 fully saturated rings. The third-order valence-electron chi connectivity index (χ3n) is 2.63. The van der Waals surface area contributed by atoms with E-state index in [0.717, 1.165) is 17.2 Å². The second kappa shape index (κ2) is 4.96. The van der Waals surface area contributed by atoms with E-state index >= 15 is 0 Å². The van der Waals surface area contributed by atoms with Crippen molar-refractivity contribution in [2.24, 2.45) is 0 Å². The molecule has 2 aromatic rings. The summed E-state index contributed by atoms with van der Waals surface area (Å²) in [4.78, 5) is 12.0. The molecule has 0 unspecified atom stereocenters. The largest absolute Gasteiger partial charge is 0.497 e. The van der Waals surface area contributed by atoms with Crippen LogP contribution in [0.5, 0.6) is 5.75 Å². The molecule has 0 saturated carbocycles. The number of hydrogen-bond donors (Lipinski definition) is 1. The van der Waals surface area contributed by atoms with Crippen LogP contribution in [0.2, 0.25) is 0 Å². The Hall–Kier alpha value is -2.23. The summed E-state index contributed by atoms with van der Waals surface area (Å²) >= 11 is 0. The molecule has 0 aliphatic rings. The summed E-state index contributed by atoms with van der Waals surface area (Å²) in [6, 6.07) is 8.90. The Morgan fingerprint density at radius 3 is 2.39 bits per heavy atom. The van der Waals surface area contributed by atoms with E-state index in [0.29, 0.717) is 11.3 Å². The Labute approximate surface area is 106 Å². The van der Waals surface area contributed by atoms with Crippen molar-refractivity contribution in [1.82, 2.24) is 0 Å². The number of anilines is 1. The van der Waals surface area contributed by atoms with Gasteiger partial charge in [0.25, 0.3) is 5.91 Å². The van der Waals surface area contributed by atoms with Crippen LogP contribution in [0.3, 0.4) is 0 Å². The molecular formula is C14H15NO3. The monoisotopic (exact) mass is 245 g/mol. The van der Waals surface area contributed by atoms with Gasteiger partial charge in [-0.1, -0.05) is 0 Å². The minimum atomic E-state index is -0.172. The summed E-state index contributed by atoms with van der Waals surface area (Å²) in [6.45, 7) is 3.59. The van der Waals surface area contributed by atoms with Gasteiger partial charge in [0, 0.05) is 5.69 Å². The molecule has 4 heteroatoms. The van der Waals surface area contributed by atoms with Gasteiger partial charge in [-0.3, -0.25) is 4.79 Å². The molecule has 0 atom stereocenters. The first-order valence-electron chi connectivity index (χ1n) is 5.62. The summed E-state index contributed by atoms with van der Waals surface area (Å²) in [5.41, 5.74) is 1.28. The predicted molar refractivity (Wildman–Crippen MR) is 69.1 cm³/mol. The lowest BCUT2D eigenvalue weighted by atomic mass is 10.2. The second-order valence-electron chi connectivity index (χ2n) is 4.01. The summed E-state index contributed by atoms with van der Waals surface area (Å²) in [5, 5.41) is 2.81. The number of amides is 1. The zero-order valence-corrected chi connectivity index (χ0v) is 10.6. The van der Waals surface area contributed by atoms with Crippen molar-refractivity contribution < 1.29 is 13.9 Å². The molecule has 0 saturated heterocycles. The second-order valence-corrected chi connectivity index (χ2v) is 4.01. The molecule has 0 aliphatic carbocycles. The predicted octanol–water partition coefficient (Wildman–Crippen LogP) is 3.16. The number of ether oxygens (including phenoxy) is 1. The Bertz CT molecular complexity index is 555. The van der Waals surface area contributed by atoms with Crippen molar-refractivity contribution in [2.75, 3.05) is 12.4 Å². The maximum atomic E-state index is 12.0. The van der Waals surface area contributed by atoms with Gasteiger partial charge < -0.3 is 14.5 Å². The Morgan fingerprint density at radius 2 is 1.89 bits per heavy atom. The van der Waals surface area contributed by atoms with Crippen molar-refractivity contribution in [3.05, 3.63) is 47.4 Å². The van der Waals surface area contributed by atoms with Gasteiger partial charge in [-0.15, -0.1) is 0 Å². The summed E-state index contributed by atoms with van der Waals surface area (Å²) in [7, 11) is 1.60. The first-order chi connectivity index (χ1) is 8.60. The number of furan rings is 1. The van der Waals surface area contributed by atoms with E-state index in [2.05, 4.69) is 5.32 Å². The third-order valence-corrected chi connectivity index (χ3v) is 2.63. The van der Waals surface area contributed by atoms with Crippen LogP contribution in [0.25, 0.3) is 0 Å². The molecule has 0 bridgehead atoms. The van der Waals surface area contributed by atoms with E-state index in [1.54, 1.807) is 44.4 Å². The van der Waals surface area contributed by atoms with Gasteiger partial charge in [0.15, 0.2) is 0 Å². The van der Waals surface area contributed by atoms with E-state index in [1.165, 1.54) is 0 Å². The highest BCUT2D eigenvalue weighted by atomic mass is 16.5. The van der Waals surface area contributed by atoms with Crippen molar-refractivity contribution >= 4 is 11.6 Å². The first-order valence-corrected chi connectivity index (χ1v) is 5.62. The Morgan fingerprint density at radius 1 is 1.22 bits per heavy atom. The summed E-state index contributed by atoms with van der Waals surface area (Å²) in [5.74, 6) is 1.93. The molecule has 4 nitrogen and oxygen atoms in total. The number of hydrogen-bond acceptors (Lipinski definition) is 3. The van der Waals surface area contributed by atoms with Gasteiger partial charge in [0.05, 0.1) is 12.7 Å². The van der Waals surface area contributed by atoms with Crippen molar-refractivity contribution in [2.45, 2.75) is 13.8 Å². The molecule has 0 radical (unpaired) electrons. The molecule has 0 spiro atoms. The van der Waals surface area contributed by atoms with E-state index in [9.17, 15) is 4.79 Å². The lowest BCUT2D eigenvalue weighted by Gasteiger charge is -2.05. The summed E-state index contributed by atoms with van der Waals surface area (Å²) < 4.78 is 10.4. The van der Waals surface area contributed by atoms with Gasteiger partial charge in [0.1, 0.15) is 17.3 Å². The maximum absolute atomic E-state index is 12.0. The highest BCUT2D eigenvalue weighted by Crippen LogP contribution is 2.18. The highest BCUT2D eigenvalue weighted by Gasteiger charge is 2.13. The number of carbonyl (C=O) groups is 1. The van der Waals surface area contributed by atoms with Crippen LogP contribution < -0.4 is 10.1 Å². The first kappa shape index (κ1) is 12.2. The Kier molecular flexibility index (Phi) is 3.37. The number of carbonyl (C=O) groups excluding carboxylic acids is 1. The highest BCUT2D eigenvalue weighted by molar-refractivity contribution is 6.05. The molecule has 1 amide bonds. The van der Waals surface area contributed by atoms with Crippen molar-refractivity contribution in [1.29, 1.82) is 0 Å². The topological polar surface area (TPSA) is 51.5 Å². The average molecular weight is 245 g/mol. The molecule has 1 heterocycles. The van der Waals surface area contributed by atoms with Crippen LogP contribution in [-0.2, 0) is 0 Å². The quantitative estimate of drug-likeness (QED) is 0.903. The van der Waals surface area contributed by atoms with E-state index in [1.807, 2.05) is 6.92 Å². The van der Waals surface area contributed by atoms with Crippen LogP contribution in [0.4, 0.5) is 5.69 Å². The minimum absolute atomic E-state index is 0.172. The number of methoxy groups -OCH3 is 1. The molecular weight excluding hydrogens is 230 g/mol. The van der Waals surface area contributed by atoms with Crippen LogP contribution in [0, 0.1) is 13.8 Å².